The van der Waals surface area contributed by atoms with E-state index in [2.05, 4.69) is 0 Å². The Hall–Kier alpha value is -4.11. The lowest BCUT2D eigenvalue weighted by molar-refractivity contribution is -0.114. The van der Waals surface area contributed by atoms with Crippen molar-refractivity contribution in [3.8, 4) is 23.0 Å². The highest BCUT2D eigenvalue weighted by molar-refractivity contribution is 6.02. The van der Waals surface area contributed by atoms with Gasteiger partial charge in [0, 0.05) is 41.5 Å². The molecule has 0 radical (unpaired) electrons. The number of nitrogens with two attached hydrogens (primary N) is 1. The summed E-state index contributed by atoms with van der Waals surface area (Å²) < 4.78 is 3.76. The summed E-state index contributed by atoms with van der Waals surface area (Å²) in [6.07, 6.45) is 5.29. The van der Waals surface area contributed by atoms with Gasteiger partial charge in [0.05, 0.1) is 5.69 Å². The van der Waals surface area contributed by atoms with Crippen LogP contribution in [0.15, 0.2) is 72.6 Å². The highest BCUT2D eigenvalue weighted by Gasteiger charge is 2.17. The van der Waals surface area contributed by atoms with Gasteiger partial charge < -0.3 is 10.3 Å². The van der Waals surface area contributed by atoms with Gasteiger partial charge in [-0.15, -0.1) is 0 Å². The molecule has 6 heteroatoms. The maximum absolute atomic E-state index is 11.6. The number of aromatic nitrogens is 3. The SMILES string of the molecule is Cn1cc(-c2nn(-c3ccccc3)cc2C=C(C#N)C(N)=O)c2ccccc21. The number of fused-ring (bicyclic) bond motifs is 1. The van der Waals surface area contributed by atoms with Crippen LogP contribution in [0.4, 0.5) is 0 Å². The molecule has 4 rings (SSSR count). The monoisotopic (exact) mass is 367 g/mol. The maximum atomic E-state index is 11.6. The largest absolute Gasteiger partial charge is 0.365 e. The van der Waals surface area contributed by atoms with Crippen LogP contribution in [-0.2, 0) is 11.8 Å². The average Bonchev–Trinajstić information content (AvgIpc) is 3.28. The molecule has 6 nitrogen and oxygen atoms in total. The van der Waals surface area contributed by atoms with Crippen molar-refractivity contribution in [2.45, 2.75) is 0 Å². The summed E-state index contributed by atoms with van der Waals surface area (Å²) in [6.45, 7) is 0. The van der Waals surface area contributed by atoms with Crippen LogP contribution in [0.25, 0.3) is 33.9 Å². The summed E-state index contributed by atoms with van der Waals surface area (Å²) in [7, 11) is 1.97. The molecule has 1 amide bonds. The third kappa shape index (κ3) is 2.95. The van der Waals surface area contributed by atoms with Crippen LogP contribution < -0.4 is 5.73 Å². The second kappa shape index (κ2) is 6.89. The number of benzene rings is 2. The maximum Gasteiger partial charge on any atom is 0.259 e. The van der Waals surface area contributed by atoms with Gasteiger partial charge in [0.15, 0.2) is 0 Å². The van der Waals surface area contributed by atoms with E-state index in [1.807, 2.05) is 78.5 Å². The second-order valence-electron chi connectivity index (χ2n) is 6.42. The number of para-hydroxylation sites is 2. The number of carbonyl (C=O) groups is 1. The van der Waals surface area contributed by atoms with Gasteiger partial charge in [-0.1, -0.05) is 36.4 Å². The number of amides is 1. The van der Waals surface area contributed by atoms with Crippen molar-refractivity contribution in [3.63, 3.8) is 0 Å². The minimum atomic E-state index is -0.765. The first-order valence-corrected chi connectivity index (χ1v) is 8.69. The molecule has 4 aromatic rings. The first-order valence-electron chi connectivity index (χ1n) is 8.69. The summed E-state index contributed by atoms with van der Waals surface area (Å²) >= 11 is 0. The Bertz CT molecular complexity index is 1260. The smallest absolute Gasteiger partial charge is 0.259 e. The van der Waals surface area contributed by atoms with Gasteiger partial charge in [-0.25, -0.2) is 4.68 Å². The number of primary amides is 1. The molecule has 0 bridgehead atoms. The lowest BCUT2D eigenvalue weighted by Gasteiger charge is -1.99. The zero-order chi connectivity index (χ0) is 19.7. The molecule has 2 aromatic carbocycles. The fourth-order valence-corrected chi connectivity index (χ4v) is 3.26. The minimum Gasteiger partial charge on any atom is -0.365 e. The van der Waals surface area contributed by atoms with Crippen molar-refractivity contribution in [1.29, 1.82) is 5.26 Å². The molecule has 28 heavy (non-hydrogen) atoms. The predicted molar refractivity (Wildman–Crippen MR) is 108 cm³/mol. The summed E-state index contributed by atoms with van der Waals surface area (Å²) in [6, 6.07) is 19.5. The van der Waals surface area contributed by atoms with E-state index in [0.29, 0.717) is 11.3 Å². The van der Waals surface area contributed by atoms with Crippen molar-refractivity contribution in [2.24, 2.45) is 12.8 Å². The average molecular weight is 367 g/mol. The van der Waals surface area contributed by atoms with E-state index in [0.717, 1.165) is 22.2 Å². The van der Waals surface area contributed by atoms with Gasteiger partial charge in [-0.2, -0.15) is 10.4 Å². The second-order valence-corrected chi connectivity index (χ2v) is 6.42. The number of aryl methyl sites for hydroxylation is 1. The fraction of sp³-hybridized carbons (Fsp3) is 0.0455. The standard InChI is InChI=1S/C22H17N5O/c1-26-14-19(18-9-5-6-10-20(18)26)21-16(11-15(12-23)22(24)28)13-27(25-21)17-7-3-2-4-8-17/h2-11,13-14H,1H3,(H2,24,28). The molecule has 0 saturated heterocycles. The topological polar surface area (TPSA) is 89.6 Å². The van der Waals surface area contributed by atoms with Gasteiger partial charge in [-0.05, 0) is 24.3 Å². The molecule has 2 aromatic heterocycles. The summed E-state index contributed by atoms with van der Waals surface area (Å²) in [5.74, 6) is -0.765. The first-order chi connectivity index (χ1) is 13.6. The van der Waals surface area contributed by atoms with E-state index in [4.69, 9.17) is 10.8 Å². The molecule has 2 heterocycles. The van der Waals surface area contributed by atoms with Gasteiger partial charge >= 0.3 is 0 Å². The summed E-state index contributed by atoms with van der Waals surface area (Å²) in [4.78, 5) is 11.6. The molecule has 2 N–H and O–H groups in total. The van der Waals surface area contributed by atoms with Crippen LogP contribution in [0.2, 0.25) is 0 Å². The van der Waals surface area contributed by atoms with Crippen LogP contribution in [0.3, 0.4) is 0 Å². The molecule has 0 aliphatic heterocycles. The van der Waals surface area contributed by atoms with E-state index in [-0.39, 0.29) is 5.57 Å². The summed E-state index contributed by atoms with van der Waals surface area (Å²) in [5.41, 5.74) is 9.40. The molecule has 0 spiro atoms. The van der Waals surface area contributed by atoms with Gasteiger partial charge in [0.2, 0.25) is 0 Å². The highest BCUT2D eigenvalue weighted by Crippen LogP contribution is 2.33. The van der Waals surface area contributed by atoms with Crippen LogP contribution in [0.1, 0.15) is 5.56 Å². The Labute approximate surface area is 161 Å². The molecular formula is C22H17N5O. The Balaban J connectivity index is 1.98. The Kier molecular flexibility index (Phi) is 4.26. The quantitative estimate of drug-likeness (QED) is 0.443. The highest BCUT2D eigenvalue weighted by atomic mass is 16.1. The van der Waals surface area contributed by atoms with Crippen LogP contribution in [-0.4, -0.2) is 20.3 Å². The Morgan fingerprint density at radius 1 is 1.11 bits per heavy atom. The van der Waals surface area contributed by atoms with Crippen molar-refractivity contribution in [1.82, 2.24) is 14.3 Å². The lowest BCUT2D eigenvalue weighted by Crippen LogP contribution is -2.12. The molecule has 0 saturated carbocycles. The van der Waals surface area contributed by atoms with E-state index in [9.17, 15) is 10.1 Å². The van der Waals surface area contributed by atoms with E-state index in [1.165, 1.54) is 6.08 Å². The molecule has 0 unspecified atom stereocenters. The Morgan fingerprint density at radius 3 is 2.54 bits per heavy atom. The molecule has 0 fully saturated rings. The van der Waals surface area contributed by atoms with Crippen LogP contribution in [0, 0.1) is 11.3 Å². The number of nitrogens with zero attached hydrogens (tertiary/aromatic N) is 4. The third-order valence-corrected chi connectivity index (χ3v) is 4.60. The Morgan fingerprint density at radius 2 is 1.82 bits per heavy atom. The zero-order valence-corrected chi connectivity index (χ0v) is 15.2. The predicted octanol–water partition coefficient (Wildman–Crippen LogP) is 3.42. The van der Waals surface area contributed by atoms with E-state index >= 15 is 0 Å². The normalized spacial score (nSPS) is 11.5. The first kappa shape index (κ1) is 17.3. The number of carbonyl (C=O) groups excluding carboxylic acids is 1. The number of nitriles is 1. The molecular weight excluding hydrogens is 350 g/mol. The van der Waals surface area contributed by atoms with Gasteiger partial charge in [0.1, 0.15) is 17.3 Å². The lowest BCUT2D eigenvalue weighted by atomic mass is 10.1. The van der Waals surface area contributed by atoms with Crippen molar-refractivity contribution >= 4 is 22.9 Å². The van der Waals surface area contributed by atoms with Crippen molar-refractivity contribution in [3.05, 3.63) is 78.1 Å². The third-order valence-electron chi connectivity index (χ3n) is 4.60. The van der Waals surface area contributed by atoms with Gasteiger partial charge in [-0.3, -0.25) is 4.79 Å². The number of hydrogen-bond donors (Lipinski definition) is 1. The fourth-order valence-electron chi connectivity index (χ4n) is 3.26. The van der Waals surface area contributed by atoms with Crippen LogP contribution >= 0.6 is 0 Å². The molecule has 0 aliphatic carbocycles. The van der Waals surface area contributed by atoms with Crippen molar-refractivity contribution in [2.75, 3.05) is 0 Å². The van der Waals surface area contributed by atoms with Gasteiger partial charge in [0.25, 0.3) is 5.91 Å². The van der Waals surface area contributed by atoms with Crippen LogP contribution in [0.5, 0.6) is 0 Å². The molecule has 136 valence electrons. The minimum absolute atomic E-state index is 0.117. The van der Waals surface area contributed by atoms with E-state index in [1.54, 1.807) is 10.9 Å². The number of hydrogen-bond acceptors (Lipinski definition) is 3. The molecule has 0 aliphatic rings. The summed E-state index contributed by atoms with van der Waals surface area (Å²) in [5, 5.41) is 15.1. The van der Waals surface area contributed by atoms with E-state index < -0.39 is 5.91 Å². The zero-order valence-electron chi connectivity index (χ0n) is 15.2. The van der Waals surface area contributed by atoms with Crippen molar-refractivity contribution < 1.29 is 4.79 Å². The molecule has 0 atom stereocenters. The number of rotatable bonds is 4.